The second-order valence-electron chi connectivity index (χ2n) is 4.23. The van der Waals surface area contributed by atoms with Gasteiger partial charge in [0.2, 0.25) is 5.91 Å². The topological polar surface area (TPSA) is 90.2 Å². The van der Waals surface area contributed by atoms with Gasteiger partial charge in [-0.2, -0.15) is 0 Å². The molecule has 18 heavy (non-hydrogen) atoms. The number of amides is 1. The molecule has 0 bridgehead atoms. The molecule has 0 saturated carbocycles. The number of carbonyl (C=O) groups is 1. The van der Waals surface area contributed by atoms with Crippen LogP contribution >= 0.6 is 0 Å². The number of rotatable bonds is 3. The summed E-state index contributed by atoms with van der Waals surface area (Å²) in [5.41, 5.74) is 0.749. The van der Waals surface area contributed by atoms with Gasteiger partial charge in [-0.05, 0) is 24.1 Å². The molecule has 98 valence electrons. The van der Waals surface area contributed by atoms with Crippen LogP contribution in [-0.4, -0.2) is 45.5 Å². The number of carbonyl (C=O) groups excluding carboxylic acids is 1. The molecule has 1 fully saturated rings. The molecule has 0 aliphatic carbocycles. The average Bonchev–Trinajstić information content (AvgIpc) is 2.77. The minimum absolute atomic E-state index is 0.145. The number of aromatic hydroxyl groups is 2. The monoisotopic (exact) mass is 253 g/mol. The fourth-order valence-electron chi connectivity index (χ4n) is 1.75. The van der Waals surface area contributed by atoms with Crippen molar-refractivity contribution in [2.45, 2.75) is 18.9 Å². The van der Waals surface area contributed by atoms with Crippen LogP contribution in [0.1, 0.15) is 12.0 Å². The smallest absolute Gasteiger partial charge is 0.246 e. The van der Waals surface area contributed by atoms with Gasteiger partial charge in [-0.15, -0.1) is 0 Å². The highest BCUT2D eigenvalue weighted by Gasteiger charge is 2.25. The summed E-state index contributed by atoms with van der Waals surface area (Å²) in [6.45, 7) is 0.339. The van der Waals surface area contributed by atoms with Crippen LogP contribution in [0.15, 0.2) is 18.2 Å². The molecule has 0 radical (unpaired) electrons. The van der Waals surface area contributed by atoms with Crippen LogP contribution in [0.2, 0.25) is 0 Å². The lowest BCUT2D eigenvalue weighted by molar-refractivity contribution is -0.168. The number of aliphatic hydroxyl groups excluding tert-OH is 1. The third kappa shape index (κ3) is 2.91. The van der Waals surface area contributed by atoms with Crippen molar-refractivity contribution in [3.8, 4) is 11.5 Å². The van der Waals surface area contributed by atoms with E-state index in [4.69, 9.17) is 9.94 Å². The second-order valence-corrected chi connectivity index (χ2v) is 4.23. The summed E-state index contributed by atoms with van der Waals surface area (Å²) < 4.78 is 0. The van der Waals surface area contributed by atoms with Crippen molar-refractivity contribution in [2.24, 2.45) is 0 Å². The van der Waals surface area contributed by atoms with Gasteiger partial charge in [-0.25, -0.2) is 5.06 Å². The molecule has 0 aromatic heterocycles. The van der Waals surface area contributed by atoms with Gasteiger partial charge in [0.15, 0.2) is 11.5 Å². The Morgan fingerprint density at radius 1 is 1.39 bits per heavy atom. The lowest BCUT2D eigenvalue weighted by Crippen LogP contribution is -2.28. The maximum Gasteiger partial charge on any atom is 0.246 e. The van der Waals surface area contributed by atoms with Gasteiger partial charge in [-0.3, -0.25) is 9.63 Å². The van der Waals surface area contributed by atoms with Crippen molar-refractivity contribution in [1.82, 2.24) is 5.06 Å². The van der Waals surface area contributed by atoms with E-state index < -0.39 is 6.10 Å². The summed E-state index contributed by atoms with van der Waals surface area (Å²) in [7, 11) is 0. The number of hydrogen-bond acceptors (Lipinski definition) is 5. The molecule has 0 unspecified atom stereocenters. The molecule has 1 aromatic rings. The molecule has 3 N–H and O–H groups in total. The lowest BCUT2D eigenvalue weighted by Gasteiger charge is -2.13. The largest absolute Gasteiger partial charge is 0.504 e. The Labute approximate surface area is 104 Å². The van der Waals surface area contributed by atoms with E-state index in [2.05, 4.69) is 0 Å². The van der Waals surface area contributed by atoms with Crippen molar-refractivity contribution in [2.75, 3.05) is 13.2 Å². The molecule has 1 aliphatic heterocycles. The van der Waals surface area contributed by atoms with E-state index in [9.17, 15) is 15.0 Å². The third-order valence-electron chi connectivity index (χ3n) is 2.74. The summed E-state index contributed by atoms with van der Waals surface area (Å²) in [6.07, 6.45) is 0.0335. The van der Waals surface area contributed by atoms with Gasteiger partial charge in [0, 0.05) is 6.42 Å². The SMILES string of the molecule is O=C(CCc1ccc(O)c(O)c1)N1C[C@@H](O)CO1. The quantitative estimate of drug-likeness (QED) is 0.668. The van der Waals surface area contributed by atoms with Crippen LogP contribution in [0.25, 0.3) is 0 Å². The van der Waals surface area contributed by atoms with Crippen LogP contribution in [0.3, 0.4) is 0 Å². The molecule has 2 rings (SSSR count). The van der Waals surface area contributed by atoms with E-state index in [1.807, 2.05) is 0 Å². The van der Waals surface area contributed by atoms with Gasteiger partial charge in [0.1, 0.15) is 6.61 Å². The van der Waals surface area contributed by atoms with Crippen LogP contribution in [0, 0.1) is 0 Å². The Morgan fingerprint density at radius 2 is 2.17 bits per heavy atom. The Bertz CT molecular complexity index is 448. The zero-order valence-corrected chi connectivity index (χ0v) is 9.74. The van der Waals surface area contributed by atoms with Crippen molar-refractivity contribution in [3.63, 3.8) is 0 Å². The minimum atomic E-state index is -0.619. The van der Waals surface area contributed by atoms with E-state index in [0.29, 0.717) is 6.42 Å². The van der Waals surface area contributed by atoms with E-state index in [0.717, 1.165) is 10.6 Å². The van der Waals surface area contributed by atoms with Crippen molar-refractivity contribution >= 4 is 5.91 Å². The first kappa shape index (κ1) is 12.7. The Hall–Kier alpha value is -1.79. The van der Waals surface area contributed by atoms with Crippen molar-refractivity contribution < 1.29 is 25.0 Å². The van der Waals surface area contributed by atoms with E-state index >= 15 is 0 Å². The van der Waals surface area contributed by atoms with Crippen LogP contribution < -0.4 is 0 Å². The Kier molecular flexibility index (Phi) is 3.69. The number of phenolic OH excluding ortho intramolecular Hbond substituents is 2. The Balaban J connectivity index is 1.87. The maximum absolute atomic E-state index is 11.7. The third-order valence-corrected chi connectivity index (χ3v) is 2.74. The van der Waals surface area contributed by atoms with E-state index in [-0.39, 0.29) is 37.0 Å². The van der Waals surface area contributed by atoms with Gasteiger partial charge in [0.25, 0.3) is 0 Å². The predicted octanol–water partition coefficient (Wildman–Crippen LogP) is 0.165. The summed E-state index contributed by atoms with van der Waals surface area (Å²) in [5, 5.41) is 28.8. The highest BCUT2D eigenvalue weighted by atomic mass is 16.7. The van der Waals surface area contributed by atoms with Crippen molar-refractivity contribution in [1.29, 1.82) is 0 Å². The van der Waals surface area contributed by atoms with Crippen molar-refractivity contribution in [3.05, 3.63) is 23.8 Å². The summed E-state index contributed by atoms with van der Waals surface area (Å²) in [4.78, 5) is 16.7. The highest BCUT2D eigenvalue weighted by molar-refractivity contribution is 5.75. The summed E-state index contributed by atoms with van der Waals surface area (Å²) >= 11 is 0. The zero-order chi connectivity index (χ0) is 13.1. The summed E-state index contributed by atoms with van der Waals surface area (Å²) in [5.74, 6) is -0.594. The number of nitrogens with zero attached hydrogens (tertiary/aromatic N) is 1. The molecule has 6 nitrogen and oxygen atoms in total. The molecule has 1 heterocycles. The number of aliphatic hydroxyl groups is 1. The number of phenols is 2. The first-order valence-electron chi connectivity index (χ1n) is 5.68. The number of hydrogen-bond donors (Lipinski definition) is 3. The normalized spacial score (nSPS) is 19.2. The fourth-order valence-corrected chi connectivity index (χ4v) is 1.75. The Morgan fingerprint density at radius 3 is 2.78 bits per heavy atom. The van der Waals surface area contributed by atoms with E-state index in [1.165, 1.54) is 12.1 Å². The number of β-amino-alcohol motifs (C(OH)–C–C–N with tert-alkyl or cyclic N) is 1. The summed E-state index contributed by atoms with van der Waals surface area (Å²) in [6, 6.07) is 4.44. The van der Waals surface area contributed by atoms with Gasteiger partial charge >= 0.3 is 0 Å². The molecular formula is C12H15NO5. The highest BCUT2D eigenvalue weighted by Crippen LogP contribution is 2.25. The molecule has 1 saturated heterocycles. The standard InChI is InChI=1S/C12H15NO5/c14-9-6-13(18-7-9)12(17)4-2-8-1-3-10(15)11(16)5-8/h1,3,5,9,14-16H,2,4,6-7H2/t9-/m1/s1. The first-order chi connectivity index (χ1) is 8.56. The minimum Gasteiger partial charge on any atom is -0.504 e. The second kappa shape index (κ2) is 5.24. The lowest BCUT2D eigenvalue weighted by atomic mass is 10.1. The number of aryl methyl sites for hydroxylation is 1. The van der Waals surface area contributed by atoms with Crippen LogP contribution in [-0.2, 0) is 16.1 Å². The number of benzene rings is 1. The molecule has 0 spiro atoms. The maximum atomic E-state index is 11.7. The molecular weight excluding hydrogens is 238 g/mol. The van der Waals surface area contributed by atoms with E-state index in [1.54, 1.807) is 6.07 Å². The van der Waals surface area contributed by atoms with Gasteiger partial charge in [-0.1, -0.05) is 6.07 Å². The molecule has 1 aliphatic rings. The predicted molar refractivity (Wildman–Crippen MR) is 61.8 cm³/mol. The van der Waals surface area contributed by atoms with Gasteiger partial charge < -0.3 is 15.3 Å². The average molecular weight is 253 g/mol. The van der Waals surface area contributed by atoms with Crippen LogP contribution in [0.4, 0.5) is 0 Å². The number of hydroxylamine groups is 2. The fraction of sp³-hybridized carbons (Fsp3) is 0.417. The van der Waals surface area contributed by atoms with Gasteiger partial charge in [0.05, 0.1) is 12.6 Å². The van der Waals surface area contributed by atoms with Crippen LogP contribution in [0.5, 0.6) is 11.5 Å². The molecule has 1 atom stereocenters. The molecule has 1 amide bonds. The zero-order valence-electron chi connectivity index (χ0n) is 9.74. The first-order valence-corrected chi connectivity index (χ1v) is 5.68. The molecule has 6 heteroatoms. The molecule has 1 aromatic carbocycles.